The minimum atomic E-state index is -0.415. The number of nitrogens with zero attached hydrogens (tertiary/aromatic N) is 1. The monoisotopic (exact) mass is 237 g/mol. The van der Waals surface area contributed by atoms with Gasteiger partial charge in [-0.25, -0.2) is 0 Å². The van der Waals surface area contributed by atoms with Crippen molar-refractivity contribution >= 4 is 11.6 Å². The van der Waals surface area contributed by atoms with E-state index in [1.165, 1.54) is 6.07 Å². The molecule has 0 saturated heterocycles. The number of carbonyl (C=O) groups is 1. The van der Waals surface area contributed by atoms with E-state index in [4.69, 9.17) is 5.73 Å². The lowest BCUT2D eigenvalue weighted by Gasteiger charge is -2.13. The van der Waals surface area contributed by atoms with E-state index in [-0.39, 0.29) is 18.2 Å². The van der Waals surface area contributed by atoms with Crippen LogP contribution in [0.5, 0.6) is 0 Å². The molecule has 0 aliphatic rings. The lowest BCUT2D eigenvalue weighted by molar-refractivity contribution is -0.385. The maximum absolute atomic E-state index is 10.8. The number of hydrogen-bond acceptors (Lipinski definition) is 4. The second kappa shape index (κ2) is 5.95. The maximum Gasteiger partial charge on any atom is 0.274 e. The second-order valence-electron chi connectivity index (χ2n) is 3.71. The van der Waals surface area contributed by atoms with Crippen LogP contribution in [0.1, 0.15) is 24.9 Å². The normalized spacial score (nSPS) is 12.1. The molecule has 1 aromatic carbocycles. The van der Waals surface area contributed by atoms with Crippen LogP contribution < -0.4 is 11.1 Å². The van der Waals surface area contributed by atoms with Gasteiger partial charge in [-0.1, -0.05) is 18.2 Å². The first-order valence-electron chi connectivity index (χ1n) is 5.27. The zero-order valence-corrected chi connectivity index (χ0v) is 9.55. The molecule has 6 nitrogen and oxygen atoms in total. The summed E-state index contributed by atoms with van der Waals surface area (Å²) < 4.78 is 0. The molecule has 1 rings (SSSR count). The van der Waals surface area contributed by atoms with Gasteiger partial charge in [-0.3, -0.25) is 14.9 Å². The first-order valence-corrected chi connectivity index (χ1v) is 5.27. The predicted molar refractivity (Wildman–Crippen MR) is 63.3 cm³/mol. The van der Waals surface area contributed by atoms with Crippen molar-refractivity contribution in [2.45, 2.75) is 19.4 Å². The van der Waals surface area contributed by atoms with Gasteiger partial charge in [0.25, 0.3) is 5.69 Å². The number of nitro benzene ring substituents is 1. The lowest BCUT2D eigenvalue weighted by Crippen LogP contribution is -2.25. The number of hydrogen-bond donors (Lipinski definition) is 2. The van der Waals surface area contributed by atoms with Crippen LogP contribution in [0.2, 0.25) is 0 Å². The van der Waals surface area contributed by atoms with Gasteiger partial charge in [-0.15, -0.1) is 0 Å². The summed E-state index contributed by atoms with van der Waals surface area (Å²) in [5, 5.41) is 13.8. The van der Waals surface area contributed by atoms with Crippen molar-refractivity contribution in [3.8, 4) is 0 Å². The first kappa shape index (κ1) is 13.1. The third-order valence-electron chi connectivity index (χ3n) is 2.42. The number of benzene rings is 1. The number of nitrogens with one attached hydrogen (secondary N) is 1. The van der Waals surface area contributed by atoms with Crippen LogP contribution in [-0.4, -0.2) is 17.4 Å². The molecule has 0 saturated carbocycles. The Hall–Kier alpha value is -1.95. The summed E-state index contributed by atoms with van der Waals surface area (Å²) in [5.41, 5.74) is 5.68. The molecule has 0 radical (unpaired) electrons. The van der Waals surface area contributed by atoms with Crippen molar-refractivity contribution in [2.24, 2.45) is 5.73 Å². The average molecular weight is 237 g/mol. The highest BCUT2D eigenvalue weighted by Crippen LogP contribution is 2.24. The van der Waals surface area contributed by atoms with Gasteiger partial charge in [-0.2, -0.15) is 0 Å². The van der Waals surface area contributed by atoms with Crippen molar-refractivity contribution in [3.63, 3.8) is 0 Å². The Morgan fingerprint density at radius 2 is 2.18 bits per heavy atom. The molecule has 92 valence electrons. The summed E-state index contributed by atoms with van der Waals surface area (Å²) in [6.45, 7) is 2.21. The number of nitro groups is 1. The third kappa shape index (κ3) is 3.84. The van der Waals surface area contributed by atoms with Crippen molar-refractivity contribution < 1.29 is 9.72 Å². The van der Waals surface area contributed by atoms with E-state index in [0.29, 0.717) is 12.1 Å². The molecule has 0 heterocycles. The highest BCUT2D eigenvalue weighted by atomic mass is 16.6. The number of nitrogens with two attached hydrogens (primary N) is 1. The Kier molecular flexibility index (Phi) is 4.59. The molecule has 1 atom stereocenters. The topological polar surface area (TPSA) is 98.3 Å². The molecule has 6 heteroatoms. The zero-order valence-electron chi connectivity index (χ0n) is 9.55. The molecule has 0 fully saturated rings. The predicted octanol–water partition coefficient (Wildman–Crippen LogP) is 1.12. The quantitative estimate of drug-likeness (QED) is 0.572. The third-order valence-corrected chi connectivity index (χ3v) is 2.42. The van der Waals surface area contributed by atoms with Crippen LogP contribution in [0.15, 0.2) is 24.3 Å². The lowest BCUT2D eigenvalue weighted by atomic mass is 10.1. The smallest absolute Gasteiger partial charge is 0.274 e. The van der Waals surface area contributed by atoms with Gasteiger partial charge < -0.3 is 11.1 Å². The summed E-state index contributed by atoms with van der Waals surface area (Å²) in [6.07, 6.45) is 0.213. The first-order chi connectivity index (χ1) is 8.02. The zero-order chi connectivity index (χ0) is 12.8. The minimum absolute atomic E-state index is 0.0755. The standard InChI is InChI=1S/C11H15N3O3/c1-8(13-7-6-11(12)15)9-4-2-3-5-10(9)14(16)17/h2-5,8,13H,6-7H2,1H3,(H2,12,15). The van der Waals surface area contributed by atoms with Gasteiger partial charge in [-0.05, 0) is 6.92 Å². The number of amides is 1. The molecule has 0 aromatic heterocycles. The van der Waals surface area contributed by atoms with Gasteiger partial charge in [0, 0.05) is 30.6 Å². The van der Waals surface area contributed by atoms with Crippen LogP contribution >= 0.6 is 0 Å². The highest BCUT2D eigenvalue weighted by Gasteiger charge is 2.17. The van der Waals surface area contributed by atoms with Gasteiger partial charge in [0.05, 0.1) is 4.92 Å². The second-order valence-corrected chi connectivity index (χ2v) is 3.71. The number of carbonyl (C=O) groups excluding carboxylic acids is 1. The van der Waals surface area contributed by atoms with E-state index in [0.717, 1.165) is 0 Å². The average Bonchev–Trinajstić information content (AvgIpc) is 2.28. The molecular weight excluding hydrogens is 222 g/mol. The minimum Gasteiger partial charge on any atom is -0.370 e. The fraction of sp³-hybridized carbons (Fsp3) is 0.364. The van der Waals surface area contributed by atoms with Crippen molar-refractivity contribution in [1.29, 1.82) is 0 Å². The van der Waals surface area contributed by atoms with Crippen LogP contribution in [0, 0.1) is 10.1 Å². The summed E-state index contributed by atoms with van der Waals surface area (Å²) >= 11 is 0. The van der Waals surface area contributed by atoms with E-state index in [1.54, 1.807) is 18.2 Å². The van der Waals surface area contributed by atoms with E-state index < -0.39 is 10.8 Å². The van der Waals surface area contributed by atoms with Gasteiger partial charge in [0.1, 0.15) is 0 Å². The molecule has 0 aliphatic heterocycles. The van der Waals surface area contributed by atoms with Gasteiger partial charge in [0.15, 0.2) is 0 Å². The fourth-order valence-electron chi connectivity index (χ4n) is 1.54. The van der Waals surface area contributed by atoms with E-state index in [1.807, 2.05) is 6.92 Å². The largest absolute Gasteiger partial charge is 0.370 e. The van der Waals surface area contributed by atoms with Crippen LogP contribution in [-0.2, 0) is 4.79 Å². The van der Waals surface area contributed by atoms with Crippen LogP contribution in [0.3, 0.4) is 0 Å². The maximum atomic E-state index is 10.8. The molecule has 17 heavy (non-hydrogen) atoms. The summed E-state index contributed by atoms with van der Waals surface area (Å²) in [6, 6.07) is 6.32. The number of para-hydroxylation sites is 1. The molecule has 3 N–H and O–H groups in total. The molecular formula is C11H15N3O3. The SMILES string of the molecule is CC(NCCC(N)=O)c1ccccc1[N+](=O)[O-]. The van der Waals surface area contributed by atoms with Crippen molar-refractivity contribution in [2.75, 3.05) is 6.54 Å². The van der Waals surface area contributed by atoms with Gasteiger partial charge >= 0.3 is 0 Å². The molecule has 0 bridgehead atoms. The Morgan fingerprint density at radius 3 is 2.76 bits per heavy atom. The van der Waals surface area contributed by atoms with E-state index in [2.05, 4.69) is 5.32 Å². The Morgan fingerprint density at radius 1 is 1.53 bits per heavy atom. The summed E-state index contributed by atoms with van der Waals surface area (Å²) in [4.78, 5) is 21.0. The van der Waals surface area contributed by atoms with Crippen LogP contribution in [0.4, 0.5) is 5.69 Å². The Labute approximate surface area is 99.0 Å². The fourth-order valence-corrected chi connectivity index (χ4v) is 1.54. The molecule has 0 aliphatic carbocycles. The van der Waals surface area contributed by atoms with Crippen LogP contribution in [0.25, 0.3) is 0 Å². The molecule has 1 unspecified atom stereocenters. The Balaban J connectivity index is 2.71. The highest BCUT2D eigenvalue weighted by molar-refractivity contribution is 5.73. The van der Waals surface area contributed by atoms with Gasteiger partial charge in [0.2, 0.25) is 5.91 Å². The van der Waals surface area contributed by atoms with E-state index >= 15 is 0 Å². The molecule has 1 aromatic rings. The molecule has 0 spiro atoms. The summed E-state index contributed by atoms with van der Waals surface area (Å²) in [5.74, 6) is -0.396. The molecule has 1 amide bonds. The van der Waals surface area contributed by atoms with Crippen molar-refractivity contribution in [1.82, 2.24) is 5.32 Å². The Bertz CT molecular complexity index is 420. The summed E-state index contributed by atoms with van der Waals surface area (Å²) in [7, 11) is 0. The number of primary amides is 1. The number of rotatable bonds is 6. The van der Waals surface area contributed by atoms with Crippen molar-refractivity contribution in [3.05, 3.63) is 39.9 Å². The van der Waals surface area contributed by atoms with E-state index in [9.17, 15) is 14.9 Å².